The van der Waals surface area contributed by atoms with Gasteiger partial charge in [0, 0.05) is 30.7 Å². The van der Waals surface area contributed by atoms with Crippen molar-refractivity contribution in [2.24, 2.45) is 0 Å². The number of nitrogens with zero attached hydrogens (tertiary/aromatic N) is 1. The summed E-state index contributed by atoms with van der Waals surface area (Å²) in [5, 5.41) is 3.36. The summed E-state index contributed by atoms with van der Waals surface area (Å²) < 4.78 is 26.2. The minimum atomic E-state index is -3.58. The van der Waals surface area contributed by atoms with Gasteiger partial charge in [-0.1, -0.05) is 23.7 Å². The molecule has 0 aliphatic heterocycles. The van der Waals surface area contributed by atoms with Crippen LogP contribution in [0.25, 0.3) is 0 Å². The zero-order chi connectivity index (χ0) is 19.3. The van der Waals surface area contributed by atoms with Gasteiger partial charge in [-0.2, -0.15) is 0 Å². The molecule has 7 heteroatoms. The van der Waals surface area contributed by atoms with E-state index in [1.807, 2.05) is 32.0 Å². The van der Waals surface area contributed by atoms with Crippen molar-refractivity contribution in [1.82, 2.24) is 4.31 Å². The number of sulfonamides is 1. The first-order valence-electron chi connectivity index (χ1n) is 8.30. The summed E-state index contributed by atoms with van der Waals surface area (Å²) in [6, 6.07) is 11.8. The first-order chi connectivity index (χ1) is 12.2. The zero-order valence-electron chi connectivity index (χ0n) is 15.1. The SMILES string of the molecule is Cc1cccc(NC(=O)CCCN(C)S(=O)(=O)c2ccc(Cl)cc2)c1C. The van der Waals surface area contributed by atoms with Crippen LogP contribution in [0.15, 0.2) is 47.4 Å². The number of hydrogen-bond acceptors (Lipinski definition) is 3. The fraction of sp³-hybridized carbons (Fsp3) is 0.316. The average molecular weight is 395 g/mol. The fourth-order valence-corrected chi connectivity index (χ4v) is 3.80. The largest absolute Gasteiger partial charge is 0.326 e. The van der Waals surface area contributed by atoms with E-state index in [1.165, 1.54) is 23.5 Å². The topological polar surface area (TPSA) is 66.5 Å². The number of halogens is 1. The van der Waals surface area contributed by atoms with Crippen LogP contribution in [-0.4, -0.2) is 32.2 Å². The van der Waals surface area contributed by atoms with E-state index >= 15 is 0 Å². The molecule has 140 valence electrons. The standard InChI is InChI=1S/C19H23ClN2O3S/c1-14-6-4-7-18(15(14)2)21-19(23)8-5-13-22(3)26(24,25)17-11-9-16(20)10-12-17/h4,6-7,9-12H,5,8,13H2,1-3H3,(H,21,23). The summed E-state index contributed by atoms with van der Waals surface area (Å²) in [7, 11) is -2.08. The third-order valence-electron chi connectivity index (χ3n) is 4.28. The second-order valence-corrected chi connectivity index (χ2v) is 8.66. The Labute approximate surface area is 160 Å². The molecule has 0 aliphatic rings. The van der Waals surface area contributed by atoms with Crippen LogP contribution in [0.4, 0.5) is 5.69 Å². The van der Waals surface area contributed by atoms with Crippen molar-refractivity contribution in [2.75, 3.05) is 18.9 Å². The number of carbonyl (C=O) groups excluding carboxylic acids is 1. The van der Waals surface area contributed by atoms with Crippen LogP contribution in [-0.2, 0) is 14.8 Å². The highest BCUT2D eigenvalue weighted by molar-refractivity contribution is 7.89. The smallest absolute Gasteiger partial charge is 0.242 e. The Kier molecular flexibility index (Phi) is 6.81. The van der Waals surface area contributed by atoms with Crippen molar-refractivity contribution in [3.05, 3.63) is 58.6 Å². The Bertz CT molecular complexity index is 880. The van der Waals surface area contributed by atoms with Gasteiger partial charge in [-0.3, -0.25) is 4.79 Å². The van der Waals surface area contributed by atoms with E-state index in [-0.39, 0.29) is 23.8 Å². The molecule has 1 N–H and O–H groups in total. The maximum absolute atomic E-state index is 12.5. The summed E-state index contributed by atoms with van der Waals surface area (Å²) in [6.45, 7) is 4.20. The van der Waals surface area contributed by atoms with Gasteiger partial charge in [0.2, 0.25) is 15.9 Å². The number of anilines is 1. The predicted molar refractivity (Wildman–Crippen MR) is 105 cm³/mol. The average Bonchev–Trinajstić information content (AvgIpc) is 2.59. The molecule has 0 unspecified atom stereocenters. The molecule has 0 aliphatic carbocycles. The van der Waals surface area contributed by atoms with Crippen LogP contribution < -0.4 is 5.32 Å². The van der Waals surface area contributed by atoms with Crippen LogP contribution in [0, 0.1) is 13.8 Å². The van der Waals surface area contributed by atoms with Crippen molar-refractivity contribution in [3.63, 3.8) is 0 Å². The lowest BCUT2D eigenvalue weighted by Crippen LogP contribution is -2.28. The molecule has 2 aromatic rings. The molecule has 2 aromatic carbocycles. The number of nitrogens with one attached hydrogen (secondary N) is 1. The molecule has 0 saturated carbocycles. The maximum Gasteiger partial charge on any atom is 0.242 e. The number of hydrogen-bond donors (Lipinski definition) is 1. The van der Waals surface area contributed by atoms with Gasteiger partial charge in [0.15, 0.2) is 0 Å². The van der Waals surface area contributed by atoms with E-state index < -0.39 is 10.0 Å². The van der Waals surface area contributed by atoms with Crippen LogP contribution in [0.3, 0.4) is 0 Å². The van der Waals surface area contributed by atoms with Gasteiger partial charge in [-0.25, -0.2) is 12.7 Å². The van der Waals surface area contributed by atoms with Gasteiger partial charge in [0.05, 0.1) is 4.90 Å². The summed E-state index contributed by atoms with van der Waals surface area (Å²) >= 11 is 5.79. The highest BCUT2D eigenvalue weighted by atomic mass is 35.5. The molecule has 0 radical (unpaired) electrons. The Morgan fingerprint density at radius 2 is 1.77 bits per heavy atom. The van der Waals surface area contributed by atoms with Gasteiger partial charge >= 0.3 is 0 Å². The number of benzene rings is 2. The minimum absolute atomic E-state index is 0.129. The lowest BCUT2D eigenvalue weighted by Gasteiger charge is -2.17. The van der Waals surface area contributed by atoms with Crippen molar-refractivity contribution in [1.29, 1.82) is 0 Å². The van der Waals surface area contributed by atoms with E-state index in [4.69, 9.17) is 11.6 Å². The van der Waals surface area contributed by atoms with Gasteiger partial charge in [-0.05, 0) is 61.7 Å². The van der Waals surface area contributed by atoms with Crippen LogP contribution >= 0.6 is 11.6 Å². The molecule has 0 saturated heterocycles. The van der Waals surface area contributed by atoms with E-state index in [0.29, 0.717) is 11.4 Å². The van der Waals surface area contributed by atoms with Crippen molar-refractivity contribution >= 4 is 33.2 Å². The summed E-state index contributed by atoms with van der Waals surface area (Å²) in [5.74, 6) is -0.129. The molecule has 5 nitrogen and oxygen atoms in total. The molecule has 0 atom stereocenters. The molecular weight excluding hydrogens is 372 g/mol. The second kappa shape index (κ2) is 8.66. The van der Waals surface area contributed by atoms with Gasteiger partial charge in [0.1, 0.15) is 0 Å². The molecule has 2 rings (SSSR count). The van der Waals surface area contributed by atoms with E-state index in [9.17, 15) is 13.2 Å². The normalized spacial score (nSPS) is 11.6. The number of rotatable bonds is 7. The van der Waals surface area contributed by atoms with Crippen molar-refractivity contribution in [2.45, 2.75) is 31.6 Å². The summed E-state index contributed by atoms with van der Waals surface area (Å²) in [5.41, 5.74) is 2.93. The lowest BCUT2D eigenvalue weighted by molar-refractivity contribution is -0.116. The minimum Gasteiger partial charge on any atom is -0.326 e. The second-order valence-electron chi connectivity index (χ2n) is 6.18. The van der Waals surface area contributed by atoms with Gasteiger partial charge in [-0.15, -0.1) is 0 Å². The highest BCUT2D eigenvalue weighted by Gasteiger charge is 2.20. The number of aryl methyl sites for hydroxylation is 1. The Balaban J connectivity index is 1.89. The first-order valence-corrected chi connectivity index (χ1v) is 10.1. The molecular formula is C19H23ClN2O3S. The van der Waals surface area contributed by atoms with Crippen LogP contribution in [0.2, 0.25) is 5.02 Å². The summed E-state index contributed by atoms with van der Waals surface area (Å²) in [6.07, 6.45) is 0.674. The van der Waals surface area contributed by atoms with Crippen LogP contribution in [0.5, 0.6) is 0 Å². The monoisotopic (exact) mass is 394 g/mol. The van der Waals surface area contributed by atoms with Gasteiger partial charge in [0.25, 0.3) is 0 Å². The van der Waals surface area contributed by atoms with Crippen molar-refractivity contribution in [3.8, 4) is 0 Å². The fourth-order valence-electron chi connectivity index (χ4n) is 2.47. The summed E-state index contributed by atoms with van der Waals surface area (Å²) in [4.78, 5) is 12.3. The van der Waals surface area contributed by atoms with Crippen molar-refractivity contribution < 1.29 is 13.2 Å². The maximum atomic E-state index is 12.5. The van der Waals surface area contributed by atoms with Gasteiger partial charge < -0.3 is 5.32 Å². The zero-order valence-corrected chi connectivity index (χ0v) is 16.7. The molecule has 0 spiro atoms. The molecule has 0 heterocycles. The van der Waals surface area contributed by atoms with E-state index in [1.54, 1.807) is 12.1 Å². The third kappa shape index (κ3) is 5.06. The van der Waals surface area contributed by atoms with E-state index in [0.717, 1.165) is 16.8 Å². The quantitative estimate of drug-likeness (QED) is 0.771. The molecule has 0 bridgehead atoms. The Hall–Kier alpha value is -1.89. The number of carbonyl (C=O) groups is 1. The predicted octanol–water partition coefficient (Wildman–Crippen LogP) is 4.00. The van der Waals surface area contributed by atoms with Crippen LogP contribution in [0.1, 0.15) is 24.0 Å². The molecule has 1 amide bonds. The first kappa shape index (κ1) is 20.4. The number of amides is 1. The Morgan fingerprint density at radius 1 is 1.12 bits per heavy atom. The highest BCUT2D eigenvalue weighted by Crippen LogP contribution is 2.19. The Morgan fingerprint density at radius 3 is 2.42 bits per heavy atom. The van der Waals surface area contributed by atoms with E-state index in [2.05, 4.69) is 5.32 Å². The molecule has 0 aromatic heterocycles. The third-order valence-corrected chi connectivity index (χ3v) is 6.40. The molecule has 0 fully saturated rings. The molecule has 26 heavy (non-hydrogen) atoms. The lowest BCUT2D eigenvalue weighted by atomic mass is 10.1.